The number of aliphatic hydroxyl groups is 3. The van der Waals surface area contributed by atoms with Gasteiger partial charge >= 0.3 is 0 Å². The van der Waals surface area contributed by atoms with Crippen molar-refractivity contribution >= 4 is 34.7 Å². The van der Waals surface area contributed by atoms with Crippen LogP contribution >= 0.6 is 0 Å². The number of primary amides is 1. The Morgan fingerprint density at radius 3 is 2.29 bits per heavy atom. The van der Waals surface area contributed by atoms with Crippen LogP contribution in [0.15, 0.2) is 23.0 Å². The van der Waals surface area contributed by atoms with E-state index >= 15 is 0 Å². The number of ketones is 3. The number of hydrogen-bond donors (Lipinski definition) is 5. The Morgan fingerprint density at radius 1 is 1.12 bits per heavy atom. The third-order valence-electron chi connectivity index (χ3n) is 8.65. The average molecular weight is 570 g/mol. The molecule has 11 nitrogen and oxygen atoms in total. The summed E-state index contributed by atoms with van der Waals surface area (Å²) in [4.78, 5) is 55.4. The number of anilines is 1. The van der Waals surface area contributed by atoms with E-state index in [9.17, 15) is 39.6 Å². The molecule has 1 aromatic rings. The van der Waals surface area contributed by atoms with Crippen LogP contribution in [0.25, 0.3) is 5.76 Å². The van der Waals surface area contributed by atoms with E-state index in [1.165, 1.54) is 4.90 Å². The van der Waals surface area contributed by atoms with Gasteiger partial charge in [0.2, 0.25) is 5.78 Å². The number of aromatic hydroxyl groups is 1. The predicted octanol–water partition coefficient (Wildman–Crippen LogP) is 1.58. The number of amides is 1. The number of nitrogens with two attached hydrogens (primary N) is 1. The summed E-state index contributed by atoms with van der Waals surface area (Å²) in [5.41, 5.74) is 3.07. The SMILES string of the molecule is CC(C)CCC(=O)Cc1cc(N(C)C)c2c(c1O)C(O)=C1C(=O)[C@]3(O)C(O)=C(C(N)=O)C(=O)[C@@H](N(C)C)[C@@H]3C[C@@H]1C2. The summed E-state index contributed by atoms with van der Waals surface area (Å²) in [7, 11) is 6.68. The number of carbonyl (C=O) groups excluding carboxylic acids is 4. The average Bonchev–Trinajstić information content (AvgIpc) is 2.85. The van der Waals surface area contributed by atoms with E-state index in [-0.39, 0.29) is 41.9 Å². The van der Waals surface area contributed by atoms with E-state index in [0.717, 1.165) is 0 Å². The Labute approximate surface area is 238 Å². The number of fused-ring (bicyclic) bond motifs is 3. The van der Waals surface area contributed by atoms with Gasteiger partial charge in [-0.3, -0.25) is 24.1 Å². The van der Waals surface area contributed by atoms with Crippen LogP contribution in [-0.4, -0.2) is 88.4 Å². The number of nitrogens with zero attached hydrogens (tertiary/aromatic N) is 2. The van der Waals surface area contributed by atoms with E-state index in [1.807, 2.05) is 13.8 Å². The monoisotopic (exact) mass is 569 g/mol. The van der Waals surface area contributed by atoms with Crippen molar-refractivity contribution in [1.82, 2.24) is 4.90 Å². The molecule has 3 aliphatic rings. The fourth-order valence-electron chi connectivity index (χ4n) is 6.63. The van der Waals surface area contributed by atoms with E-state index in [1.54, 1.807) is 39.2 Å². The molecule has 0 aromatic heterocycles. The Morgan fingerprint density at radius 2 is 1.76 bits per heavy atom. The van der Waals surface area contributed by atoms with Crippen LogP contribution < -0.4 is 10.6 Å². The molecule has 0 spiro atoms. The number of phenols is 1. The predicted molar refractivity (Wildman–Crippen MR) is 151 cm³/mol. The Balaban J connectivity index is 1.91. The summed E-state index contributed by atoms with van der Waals surface area (Å²) in [5, 5.41) is 45.6. The van der Waals surface area contributed by atoms with Gasteiger partial charge in [0.15, 0.2) is 11.4 Å². The quantitative estimate of drug-likeness (QED) is 0.288. The van der Waals surface area contributed by atoms with E-state index in [4.69, 9.17) is 5.73 Å². The first-order chi connectivity index (χ1) is 19.0. The molecular formula is C30H39N3O8. The maximum absolute atomic E-state index is 14.0. The normalized spacial score (nSPS) is 25.8. The molecule has 4 atom stereocenters. The molecule has 1 fully saturated rings. The van der Waals surface area contributed by atoms with Crippen LogP contribution in [0.4, 0.5) is 5.69 Å². The van der Waals surface area contributed by atoms with Crippen LogP contribution in [0, 0.1) is 17.8 Å². The van der Waals surface area contributed by atoms with Crippen molar-refractivity contribution in [3.63, 3.8) is 0 Å². The van der Waals surface area contributed by atoms with Gasteiger partial charge in [-0.05, 0) is 56.8 Å². The smallest absolute Gasteiger partial charge is 0.255 e. The number of Topliss-reactive ketones (excluding diaryl/α,β-unsaturated/α-hetero) is 3. The Kier molecular flexibility index (Phi) is 7.83. The fraction of sp³-hybridized carbons (Fsp3) is 0.533. The zero-order valence-corrected chi connectivity index (χ0v) is 24.3. The summed E-state index contributed by atoms with van der Waals surface area (Å²) in [6.07, 6.45) is 1.13. The first-order valence-corrected chi connectivity index (χ1v) is 13.7. The van der Waals surface area contributed by atoms with Crippen LogP contribution in [0.2, 0.25) is 0 Å². The van der Waals surface area contributed by atoms with Crippen LogP contribution in [-0.2, 0) is 32.0 Å². The zero-order valence-electron chi connectivity index (χ0n) is 24.3. The molecule has 0 unspecified atom stereocenters. The van der Waals surface area contributed by atoms with Gasteiger partial charge in [0.1, 0.15) is 28.6 Å². The number of aliphatic hydroxyl groups excluding tert-OH is 2. The molecule has 0 heterocycles. The van der Waals surface area contributed by atoms with Crippen LogP contribution in [0.3, 0.4) is 0 Å². The Bertz CT molecular complexity index is 1410. The van der Waals surface area contributed by atoms with Gasteiger partial charge in [-0.15, -0.1) is 0 Å². The van der Waals surface area contributed by atoms with Crippen molar-refractivity contribution in [2.75, 3.05) is 33.1 Å². The third kappa shape index (κ3) is 4.70. The lowest BCUT2D eigenvalue weighted by molar-refractivity contribution is -0.153. The summed E-state index contributed by atoms with van der Waals surface area (Å²) in [6, 6.07) is 0.564. The van der Waals surface area contributed by atoms with Crippen molar-refractivity contribution in [3.05, 3.63) is 39.7 Å². The molecular weight excluding hydrogens is 530 g/mol. The molecule has 4 rings (SSSR count). The molecule has 41 heavy (non-hydrogen) atoms. The molecule has 0 radical (unpaired) electrons. The standard InChI is InChI=1S/C30H39N3O8/c1-13(2)7-8-16(34)9-15-12-19(32(3)4)17-10-14-11-18-23(33(5)6)26(37)22(29(31)40)28(39)30(18,41)27(38)20(14)25(36)21(17)24(15)35/h12-14,18,23,35-36,39,41H,7-11H2,1-6H3,(H2,31,40)/t14-,18-,23-,30-/m0/s1. The van der Waals surface area contributed by atoms with Crippen molar-refractivity contribution in [2.45, 2.75) is 57.6 Å². The largest absolute Gasteiger partial charge is 0.508 e. The lowest BCUT2D eigenvalue weighted by atomic mass is 9.57. The number of rotatable bonds is 8. The molecule has 1 saturated carbocycles. The second-order valence-electron chi connectivity index (χ2n) is 12.3. The number of benzene rings is 1. The third-order valence-corrected chi connectivity index (χ3v) is 8.65. The lowest BCUT2D eigenvalue weighted by Gasteiger charge is -2.50. The highest BCUT2D eigenvalue weighted by molar-refractivity contribution is 6.24. The molecule has 11 heteroatoms. The Hall–Kier alpha value is -3.70. The van der Waals surface area contributed by atoms with Gasteiger partial charge < -0.3 is 31.1 Å². The number of hydrogen-bond acceptors (Lipinski definition) is 10. The van der Waals surface area contributed by atoms with Gasteiger partial charge in [0.25, 0.3) is 5.91 Å². The minimum atomic E-state index is -2.70. The van der Waals surface area contributed by atoms with E-state index in [0.29, 0.717) is 35.6 Å². The second-order valence-corrected chi connectivity index (χ2v) is 12.3. The highest BCUT2D eigenvalue weighted by Gasteiger charge is 2.64. The highest BCUT2D eigenvalue weighted by atomic mass is 16.3. The van der Waals surface area contributed by atoms with Crippen molar-refractivity contribution in [2.24, 2.45) is 23.5 Å². The zero-order chi connectivity index (χ0) is 30.7. The molecule has 6 N–H and O–H groups in total. The van der Waals surface area contributed by atoms with Gasteiger partial charge in [0, 0.05) is 49.7 Å². The first-order valence-electron chi connectivity index (χ1n) is 13.7. The topological polar surface area (TPSA) is 182 Å². The summed E-state index contributed by atoms with van der Waals surface area (Å²) in [5.74, 6) is -6.75. The minimum absolute atomic E-state index is 0.00876. The maximum Gasteiger partial charge on any atom is 0.255 e. The summed E-state index contributed by atoms with van der Waals surface area (Å²) >= 11 is 0. The molecule has 222 valence electrons. The van der Waals surface area contributed by atoms with Crippen molar-refractivity contribution in [1.29, 1.82) is 0 Å². The number of phenolic OH excluding ortho intramolecular Hbond substituents is 1. The molecule has 3 aliphatic carbocycles. The molecule has 0 bridgehead atoms. The van der Waals surface area contributed by atoms with Gasteiger partial charge in [-0.1, -0.05) is 13.8 Å². The van der Waals surface area contributed by atoms with Gasteiger partial charge in [0.05, 0.1) is 11.6 Å². The van der Waals surface area contributed by atoms with E-state index < -0.39 is 58.0 Å². The summed E-state index contributed by atoms with van der Waals surface area (Å²) in [6.45, 7) is 4.02. The first kappa shape index (κ1) is 30.3. The van der Waals surface area contributed by atoms with Crippen molar-refractivity contribution in [3.8, 4) is 5.75 Å². The molecule has 1 amide bonds. The number of carbonyl (C=O) groups is 4. The molecule has 1 aromatic carbocycles. The van der Waals surface area contributed by atoms with Crippen LogP contribution in [0.1, 0.15) is 49.8 Å². The summed E-state index contributed by atoms with van der Waals surface area (Å²) < 4.78 is 0. The maximum atomic E-state index is 14.0. The molecule has 0 aliphatic heterocycles. The van der Waals surface area contributed by atoms with Crippen LogP contribution in [0.5, 0.6) is 5.75 Å². The second kappa shape index (κ2) is 10.6. The minimum Gasteiger partial charge on any atom is -0.508 e. The number of likely N-dealkylation sites (N-methyl/N-ethyl adjacent to an activating group) is 1. The van der Waals surface area contributed by atoms with Crippen molar-refractivity contribution < 1.29 is 39.6 Å². The fourth-order valence-corrected chi connectivity index (χ4v) is 6.63. The highest BCUT2D eigenvalue weighted by Crippen LogP contribution is 2.54. The molecule has 0 saturated heterocycles. The van der Waals surface area contributed by atoms with E-state index in [2.05, 4.69) is 0 Å². The lowest BCUT2D eigenvalue weighted by Crippen LogP contribution is -2.65. The van der Waals surface area contributed by atoms with Gasteiger partial charge in [-0.2, -0.15) is 0 Å². The van der Waals surface area contributed by atoms with Gasteiger partial charge in [-0.25, -0.2) is 0 Å².